The minimum atomic E-state index is -0.263. The Morgan fingerprint density at radius 2 is 1.79 bits per heavy atom. The molecule has 0 fully saturated rings. The zero-order valence-electron chi connectivity index (χ0n) is 15.0. The van der Waals surface area contributed by atoms with E-state index >= 15 is 0 Å². The molecule has 0 aliphatic carbocycles. The third-order valence-corrected chi connectivity index (χ3v) is 5.21. The summed E-state index contributed by atoms with van der Waals surface area (Å²) in [6.45, 7) is 8.48. The minimum Gasteiger partial charge on any atom is -0.399 e. The van der Waals surface area contributed by atoms with Gasteiger partial charge in [-0.25, -0.2) is 0 Å². The number of carbonyl (C=O) groups is 1. The molecule has 1 atom stereocenters. The Balaban J connectivity index is 2.28. The molecule has 126 valence electrons. The summed E-state index contributed by atoms with van der Waals surface area (Å²) in [5.41, 5.74) is 9.77. The number of fused-ring (bicyclic) bond motifs is 1. The van der Waals surface area contributed by atoms with E-state index in [4.69, 9.17) is 5.73 Å². The number of hydrogen-bond acceptors (Lipinski definition) is 2. The maximum Gasteiger partial charge on any atom is 0.227 e. The predicted octanol–water partition coefficient (Wildman–Crippen LogP) is 4.50. The molecule has 2 N–H and O–H groups in total. The zero-order chi connectivity index (χ0) is 17.5. The smallest absolute Gasteiger partial charge is 0.227 e. The molecule has 24 heavy (non-hydrogen) atoms. The van der Waals surface area contributed by atoms with Gasteiger partial charge in [0.1, 0.15) is 0 Å². The average Bonchev–Trinajstić information content (AvgIpc) is 2.55. The van der Waals surface area contributed by atoms with Crippen molar-refractivity contribution in [3.8, 4) is 0 Å². The molecule has 2 aromatic carbocycles. The van der Waals surface area contributed by atoms with Gasteiger partial charge in [0.25, 0.3) is 0 Å². The molecule has 3 nitrogen and oxygen atoms in total. The number of nitrogens with two attached hydrogens (primary N) is 1. The van der Waals surface area contributed by atoms with Crippen molar-refractivity contribution in [1.82, 2.24) is 0 Å². The Morgan fingerprint density at radius 3 is 2.42 bits per heavy atom. The van der Waals surface area contributed by atoms with E-state index in [1.807, 2.05) is 36.1 Å². The molecule has 1 aliphatic rings. The van der Waals surface area contributed by atoms with Crippen molar-refractivity contribution in [2.45, 2.75) is 51.5 Å². The first-order valence-corrected chi connectivity index (χ1v) is 8.58. The lowest BCUT2D eigenvalue weighted by Gasteiger charge is -2.51. The number of hydrogen-bond donors (Lipinski definition) is 1. The largest absolute Gasteiger partial charge is 0.399 e. The van der Waals surface area contributed by atoms with Gasteiger partial charge in [-0.2, -0.15) is 0 Å². The predicted molar refractivity (Wildman–Crippen MR) is 100 cm³/mol. The Kier molecular flexibility index (Phi) is 3.90. The summed E-state index contributed by atoms with van der Waals surface area (Å²) < 4.78 is 0. The molecule has 0 bridgehead atoms. The molecule has 1 unspecified atom stereocenters. The van der Waals surface area contributed by atoms with Crippen LogP contribution in [0, 0.1) is 0 Å². The van der Waals surface area contributed by atoms with E-state index in [1.165, 1.54) is 5.56 Å². The third kappa shape index (κ3) is 2.48. The van der Waals surface area contributed by atoms with Crippen molar-refractivity contribution < 1.29 is 4.79 Å². The van der Waals surface area contributed by atoms with Gasteiger partial charge in [0, 0.05) is 28.7 Å². The Bertz CT molecular complexity index is 767. The Morgan fingerprint density at radius 1 is 1.12 bits per heavy atom. The standard InChI is InChI=1S/C21H26N2O/c1-5-19(24)23-18-12-11-16(22)13-17(18)21(4,14-20(23,2)3)15-9-7-6-8-10-15/h6-13H,5,14,22H2,1-4H3. The van der Waals surface area contributed by atoms with Crippen LogP contribution in [0.5, 0.6) is 0 Å². The maximum absolute atomic E-state index is 12.7. The van der Waals surface area contributed by atoms with E-state index < -0.39 is 0 Å². The van der Waals surface area contributed by atoms with Crippen LogP contribution < -0.4 is 10.6 Å². The summed E-state index contributed by atoms with van der Waals surface area (Å²) in [6.07, 6.45) is 1.35. The fourth-order valence-electron chi connectivity index (χ4n) is 4.25. The highest BCUT2D eigenvalue weighted by Gasteiger charge is 2.47. The molecular formula is C21H26N2O. The summed E-state index contributed by atoms with van der Waals surface area (Å²) in [4.78, 5) is 14.6. The molecule has 0 saturated heterocycles. The number of anilines is 2. The lowest BCUT2D eigenvalue weighted by atomic mass is 9.65. The first kappa shape index (κ1) is 16.6. The molecular weight excluding hydrogens is 296 g/mol. The summed E-state index contributed by atoms with van der Waals surface area (Å²) in [7, 11) is 0. The number of carbonyl (C=O) groups excluding carboxylic acids is 1. The van der Waals surface area contributed by atoms with Crippen LogP contribution in [0.2, 0.25) is 0 Å². The summed E-state index contributed by atoms with van der Waals surface area (Å²) in [5.74, 6) is 0.154. The van der Waals surface area contributed by atoms with E-state index in [-0.39, 0.29) is 16.9 Å². The molecule has 1 amide bonds. The molecule has 1 aliphatic heterocycles. The van der Waals surface area contributed by atoms with Crippen LogP contribution in [0.1, 0.15) is 51.7 Å². The monoisotopic (exact) mass is 322 g/mol. The van der Waals surface area contributed by atoms with Crippen molar-refractivity contribution in [3.05, 3.63) is 59.7 Å². The SMILES string of the molecule is CCC(=O)N1c2ccc(N)cc2C(C)(c2ccccc2)CC1(C)C. The highest BCUT2D eigenvalue weighted by molar-refractivity contribution is 5.96. The van der Waals surface area contributed by atoms with Crippen LogP contribution in [0.15, 0.2) is 48.5 Å². The number of amides is 1. The highest BCUT2D eigenvalue weighted by Crippen LogP contribution is 2.51. The first-order chi connectivity index (χ1) is 11.3. The Hall–Kier alpha value is -2.29. The average molecular weight is 322 g/mol. The van der Waals surface area contributed by atoms with Gasteiger partial charge >= 0.3 is 0 Å². The Labute approximate surface area is 144 Å². The molecule has 1 heterocycles. The molecule has 3 heteroatoms. The van der Waals surface area contributed by atoms with Crippen molar-refractivity contribution in [1.29, 1.82) is 0 Å². The van der Waals surface area contributed by atoms with Crippen molar-refractivity contribution in [2.24, 2.45) is 0 Å². The first-order valence-electron chi connectivity index (χ1n) is 8.58. The van der Waals surface area contributed by atoms with Crippen LogP contribution in [0.4, 0.5) is 11.4 Å². The summed E-state index contributed by atoms with van der Waals surface area (Å²) in [6, 6.07) is 16.4. The second-order valence-electron chi connectivity index (χ2n) is 7.55. The van der Waals surface area contributed by atoms with E-state index in [2.05, 4.69) is 45.0 Å². The normalized spacial score (nSPS) is 22.1. The van der Waals surface area contributed by atoms with Crippen LogP contribution in [-0.2, 0) is 10.2 Å². The van der Waals surface area contributed by atoms with E-state index in [0.717, 1.165) is 23.4 Å². The van der Waals surface area contributed by atoms with Crippen LogP contribution in [0.25, 0.3) is 0 Å². The second kappa shape index (κ2) is 5.66. The van der Waals surface area contributed by atoms with Gasteiger partial charge in [-0.05, 0) is 49.6 Å². The van der Waals surface area contributed by atoms with Gasteiger partial charge < -0.3 is 10.6 Å². The lowest BCUT2D eigenvalue weighted by molar-refractivity contribution is -0.119. The van der Waals surface area contributed by atoms with E-state index in [0.29, 0.717) is 6.42 Å². The van der Waals surface area contributed by atoms with E-state index in [9.17, 15) is 4.79 Å². The van der Waals surface area contributed by atoms with Gasteiger partial charge in [0.2, 0.25) is 5.91 Å². The molecule has 0 aromatic heterocycles. The quantitative estimate of drug-likeness (QED) is 0.827. The molecule has 2 aromatic rings. The maximum atomic E-state index is 12.7. The fourth-order valence-corrected chi connectivity index (χ4v) is 4.25. The van der Waals surface area contributed by atoms with E-state index in [1.54, 1.807) is 0 Å². The molecule has 3 rings (SSSR count). The molecule has 0 spiro atoms. The number of benzene rings is 2. The van der Waals surface area contributed by atoms with Crippen LogP contribution in [-0.4, -0.2) is 11.4 Å². The van der Waals surface area contributed by atoms with Crippen LogP contribution >= 0.6 is 0 Å². The number of nitrogen functional groups attached to an aromatic ring is 1. The highest BCUT2D eigenvalue weighted by atomic mass is 16.2. The number of rotatable bonds is 2. The molecule has 0 saturated carbocycles. The van der Waals surface area contributed by atoms with Crippen molar-refractivity contribution in [2.75, 3.05) is 10.6 Å². The molecule has 0 radical (unpaired) electrons. The van der Waals surface area contributed by atoms with Gasteiger partial charge in [0.05, 0.1) is 0 Å². The lowest BCUT2D eigenvalue weighted by Crippen LogP contribution is -2.55. The number of nitrogens with zero attached hydrogens (tertiary/aromatic N) is 1. The van der Waals surface area contributed by atoms with Gasteiger partial charge in [-0.1, -0.05) is 44.2 Å². The topological polar surface area (TPSA) is 46.3 Å². The van der Waals surface area contributed by atoms with Crippen LogP contribution in [0.3, 0.4) is 0 Å². The van der Waals surface area contributed by atoms with Crippen molar-refractivity contribution in [3.63, 3.8) is 0 Å². The van der Waals surface area contributed by atoms with Gasteiger partial charge in [0.15, 0.2) is 0 Å². The fraction of sp³-hybridized carbons (Fsp3) is 0.381. The summed E-state index contributed by atoms with van der Waals surface area (Å²) >= 11 is 0. The minimum absolute atomic E-state index is 0.154. The van der Waals surface area contributed by atoms with Gasteiger partial charge in [-0.3, -0.25) is 4.79 Å². The second-order valence-corrected chi connectivity index (χ2v) is 7.55. The van der Waals surface area contributed by atoms with Gasteiger partial charge in [-0.15, -0.1) is 0 Å². The van der Waals surface area contributed by atoms with Crippen molar-refractivity contribution >= 4 is 17.3 Å². The zero-order valence-corrected chi connectivity index (χ0v) is 15.0. The summed E-state index contributed by atoms with van der Waals surface area (Å²) in [5, 5.41) is 0. The third-order valence-electron chi connectivity index (χ3n) is 5.21.